The summed E-state index contributed by atoms with van der Waals surface area (Å²) < 4.78 is 38.6. The molecular formula is C11H12ClF3N4. The largest absolute Gasteiger partial charge is 0.417 e. The van der Waals surface area contributed by atoms with Crippen LogP contribution >= 0.6 is 12.4 Å². The average Bonchev–Trinajstić information content (AvgIpc) is 2.76. The number of anilines is 1. The maximum absolute atomic E-state index is 12.3. The third-order valence-corrected chi connectivity index (χ3v) is 2.40. The molecule has 0 aliphatic heterocycles. The SMILES string of the molecule is CNc1cnn(Cc2ccc(C(F)(F)F)cn2)c1.Cl. The summed E-state index contributed by atoms with van der Waals surface area (Å²) in [6, 6.07) is 2.37. The second-order valence-electron chi connectivity index (χ2n) is 3.71. The number of halogens is 4. The van der Waals surface area contributed by atoms with Crippen molar-refractivity contribution in [3.05, 3.63) is 42.0 Å². The summed E-state index contributed by atoms with van der Waals surface area (Å²) in [5, 5.41) is 6.96. The Balaban J connectivity index is 0.00000180. The van der Waals surface area contributed by atoms with Crippen LogP contribution in [0.15, 0.2) is 30.7 Å². The van der Waals surface area contributed by atoms with E-state index in [1.807, 2.05) is 0 Å². The van der Waals surface area contributed by atoms with E-state index in [9.17, 15) is 13.2 Å². The van der Waals surface area contributed by atoms with Crippen LogP contribution in [0.3, 0.4) is 0 Å². The Hall–Kier alpha value is -1.76. The van der Waals surface area contributed by atoms with Crippen LogP contribution < -0.4 is 5.32 Å². The van der Waals surface area contributed by atoms with Gasteiger partial charge in [-0.05, 0) is 12.1 Å². The number of hydrogen-bond acceptors (Lipinski definition) is 3. The lowest BCUT2D eigenvalue weighted by molar-refractivity contribution is -0.137. The van der Waals surface area contributed by atoms with Crippen molar-refractivity contribution in [3.8, 4) is 0 Å². The maximum Gasteiger partial charge on any atom is 0.417 e. The summed E-state index contributed by atoms with van der Waals surface area (Å²) in [6.07, 6.45) is -0.141. The Labute approximate surface area is 114 Å². The number of nitrogens with one attached hydrogen (secondary N) is 1. The molecule has 0 aromatic carbocycles. The Morgan fingerprint density at radius 1 is 1.26 bits per heavy atom. The van der Waals surface area contributed by atoms with Gasteiger partial charge in [-0.3, -0.25) is 9.67 Å². The number of pyridine rings is 1. The molecule has 0 amide bonds. The minimum atomic E-state index is -4.35. The van der Waals surface area contributed by atoms with Crippen molar-refractivity contribution in [3.63, 3.8) is 0 Å². The summed E-state index contributed by atoms with van der Waals surface area (Å²) in [7, 11) is 1.76. The average molecular weight is 293 g/mol. The first-order valence-electron chi connectivity index (χ1n) is 5.21. The van der Waals surface area contributed by atoms with Crippen molar-refractivity contribution in [2.24, 2.45) is 0 Å². The smallest absolute Gasteiger partial charge is 0.386 e. The van der Waals surface area contributed by atoms with Gasteiger partial charge < -0.3 is 5.32 Å². The molecule has 0 spiro atoms. The number of nitrogens with zero attached hydrogens (tertiary/aromatic N) is 3. The third kappa shape index (κ3) is 3.85. The van der Waals surface area contributed by atoms with E-state index in [4.69, 9.17) is 0 Å². The van der Waals surface area contributed by atoms with Crippen molar-refractivity contribution < 1.29 is 13.2 Å². The van der Waals surface area contributed by atoms with Crippen LogP contribution in [0.1, 0.15) is 11.3 Å². The van der Waals surface area contributed by atoms with Gasteiger partial charge in [0.05, 0.1) is 29.7 Å². The molecule has 19 heavy (non-hydrogen) atoms. The minimum absolute atomic E-state index is 0. The van der Waals surface area contributed by atoms with Gasteiger partial charge in [-0.25, -0.2) is 0 Å². The van der Waals surface area contributed by atoms with Gasteiger partial charge in [0, 0.05) is 19.4 Å². The molecule has 0 saturated heterocycles. The van der Waals surface area contributed by atoms with Crippen LogP contribution in [-0.2, 0) is 12.7 Å². The highest BCUT2D eigenvalue weighted by atomic mass is 35.5. The fraction of sp³-hybridized carbons (Fsp3) is 0.273. The van der Waals surface area contributed by atoms with Crippen LogP contribution in [0.25, 0.3) is 0 Å². The highest BCUT2D eigenvalue weighted by Crippen LogP contribution is 2.28. The molecule has 1 N–H and O–H groups in total. The zero-order chi connectivity index (χ0) is 13.2. The zero-order valence-corrected chi connectivity index (χ0v) is 10.8. The first-order chi connectivity index (χ1) is 8.49. The number of aromatic nitrogens is 3. The number of rotatable bonds is 3. The normalized spacial score (nSPS) is 10.9. The standard InChI is InChI=1S/C11H11F3N4.ClH/c1-15-10-5-17-18(7-10)6-9-3-2-8(4-16-9)11(12,13)14;/h2-5,7,15H,6H2,1H3;1H. The molecule has 104 valence electrons. The highest BCUT2D eigenvalue weighted by Gasteiger charge is 2.30. The van der Waals surface area contributed by atoms with Crippen molar-refractivity contribution in [1.29, 1.82) is 0 Å². The zero-order valence-electron chi connectivity index (χ0n) is 9.98. The first kappa shape index (κ1) is 15.3. The van der Waals surface area contributed by atoms with E-state index in [0.29, 0.717) is 12.2 Å². The van der Waals surface area contributed by atoms with Gasteiger partial charge in [0.2, 0.25) is 0 Å². The summed E-state index contributed by atoms with van der Waals surface area (Å²) in [6.45, 7) is 0.333. The van der Waals surface area contributed by atoms with Crippen LogP contribution in [0.4, 0.5) is 18.9 Å². The van der Waals surface area contributed by atoms with E-state index in [1.54, 1.807) is 24.1 Å². The molecule has 2 aromatic heterocycles. The summed E-state index contributed by atoms with van der Waals surface area (Å²) >= 11 is 0. The maximum atomic E-state index is 12.3. The monoisotopic (exact) mass is 292 g/mol. The molecule has 0 unspecified atom stereocenters. The van der Waals surface area contributed by atoms with Crippen LogP contribution in [-0.4, -0.2) is 21.8 Å². The van der Waals surface area contributed by atoms with Gasteiger partial charge in [0.1, 0.15) is 0 Å². The second-order valence-corrected chi connectivity index (χ2v) is 3.71. The van der Waals surface area contributed by atoms with Gasteiger partial charge in [0.15, 0.2) is 0 Å². The first-order valence-corrected chi connectivity index (χ1v) is 5.21. The molecule has 0 fully saturated rings. The Kier molecular flexibility index (Phi) is 4.77. The molecule has 2 aromatic rings. The molecule has 2 heterocycles. The second kappa shape index (κ2) is 5.92. The fourth-order valence-electron chi connectivity index (χ4n) is 1.43. The van der Waals surface area contributed by atoms with Gasteiger partial charge in [0.25, 0.3) is 0 Å². The summed E-state index contributed by atoms with van der Waals surface area (Å²) in [5.74, 6) is 0. The van der Waals surface area contributed by atoms with E-state index >= 15 is 0 Å². The topological polar surface area (TPSA) is 42.7 Å². The molecular weight excluding hydrogens is 281 g/mol. The van der Waals surface area contributed by atoms with Gasteiger partial charge in [-0.1, -0.05) is 0 Å². The molecule has 0 aliphatic carbocycles. The molecule has 0 aliphatic rings. The lowest BCUT2D eigenvalue weighted by atomic mass is 10.2. The Morgan fingerprint density at radius 2 is 2.00 bits per heavy atom. The lowest BCUT2D eigenvalue weighted by Gasteiger charge is -2.06. The van der Waals surface area contributed by atoms with E-state index in [0.717, 1.165) is 18.0 Å². The van der Waals surface area contributed by atoms with Crippen molar-refractivity contribution >= 4 is 18.1 Å². The molecule has 4 nitrogen and oxygen atoms in total. The lowest BCUT2D eigenvalue weighted by Crippen LogP contribution is -2.07. The molecule has 2 rings (SSSR count). The van der Waals surface area contributed by atoms with Gasteiger partial charge >= 0.3 is 6.18 Å². The quantitative estimate of drug-likeness (QED) is 0.946. The molecule has 8 heteroatoms. The van der Waals surface area contributed by atoms with Crippen LogP contribution in [0.5, 0.6) is 0 Å². The predicted molar refractivity (Wildman–Crippen MR) is 67.4 cm³/mol. The predicted octanol–water partition coefficient (Wildman–Crippen LogP) is 2.81. The fourth-order valence-corrected chi connectivity index (χ4v) is 1.43. The van der Waals surface area contributed by atoms with E-state index in [1.165, 1.54) is 6.07 Å². The Morgan fingerprint density at radius 3 is 2.47 bits per heavy atom. The molecule has 0 radical (unpaired) electrons. The van der Waals surface area contributed by atoms with E-state index in [2.05, 4.69) is 15.4 Å². The van der Waals surface area contributed by atoms with Crippen molar-refractivity contribution in [2.75, 3.05) is 12.4 Å². The molecule has 0 saturated carbocycles. The van der Waals surface area contributed by atoms with Crippen LogP contribution in [0.2, 0.25) is 0 Å². The van der Waals surface area contributed by atoms with Gasteiger partial charge in [-0.2, -0.15) is 18.3 Å². The minimum Gasteiger partial charge on any atom is -0.386 e. The highest BCUT2D eigenvalue weighted by molar-refractivity contribution is 5.85. The number of hydrogen-bond donors (Lipinski definition) is 1. The van der Waals surface area contributed by atoms with Gasteiger partial charge in [-0.15, -0.1) is 12.4 Å². The van der Waals surface area contributed by atoms with E-state index in [-0.39, 0.29) is 12.4 Å². The summed E-state index contributed by atoms with van der Waals surface area (Å²) in [4.78, 5) is 3.77. The van der Waals surface area contributed by atoms with E-state index < -0.39 is 11.7 Å². The molecule has 0 bridgehead atoms. The van der Waals surface area contributed by atoms with Crippen molar-refractivity contribution in [1.82, 2.24) is 14.8 Å². The van der Waals surface area contributed by atoms with Crippen molar-refractivity contribution in [2.45, 2.75) is 12.7 Å². The van der Waals surface area contributed by atoms with Crippen LogP contribution in [0, 0.1) is 0 Å². The molecule has 0 atom stereocenters. The third-order valence-electron chi connectivity index (χ3n) is 2.40. The Bertz CT molecular complexity index is 521. The number of alkyl halides is 3. The summed E-state index contributed by atoms with van der Waals surface area (Å²) in [5.41, 5.74) is 0.610.